The van der Waals surface area contributed by atoms with Gasteiger partial charge in [0.2, 0.25) is 5.91 Å². The topological polar surface area (TPSA) is 109 Å². The second-order valence-electron chi connectivity index (χ2n) is 4.35. The number of rotatable bonds is 6. The summed E-state index contributed by atoms with van der Waals surface area (Å²) in [5, 5.41) is 11.6. The number of amides is 2. The number of carboxylic acids is 1. The first kappa shape index (κ1) is 16.0. The second-order valence-corrected chi connectivity index (χ2v) is 4.76. The van der Waals surface area contributed by atoms with Gasteiger partial charge < -0.3 is 16.2 Å². The number of carboxylic acid groups (broad SMARTS) is 1. The van der Waals surface area contributed by atoms with Crippen LogP contribution in [-0.4, -0.2) is 28.9 Å². The minimum absolute atomic E-state index is 0.0696. The summed E-state index contributed by atoms with van der Waals surface area (Å²) in [6.45, 7) is 1.82. The molecule has 0 aliphatic carbocycles. The Bertz CT molecular complexity index is 545. The molecule has 1 atom stereocenters. The Morgan fingerprint density at radius 2 is 2.05 bits per heavy atom. The van der Waals surface area contributed by atoms with Crippen LogP contribution in [0.1, 0.15) is 28.8 Å². The summed E-state index contributed by atoms with van der Waals surface area (Å²) in [5.74, 6) is -2.46. The summed E-state index contributed by atoms with van der Waals surface area (Å²) in [6.07, 6.45) is -0.196. The van der Waals surface area contributed by atoms with Gasteiger partial charge in [-0.15, -0.1) is 0 Å². The van der Waals surface area contributed by atoms with Gasteiger partial charge in [-0.25, -0.2) is 4.79 Å². The summed E-state index contributed by atoms with van der Waals surface area (Å²) in [4.78, 5) is 33.6. The maximum atomic E-state index is 12.0. The summed E-state index contributed by atoms with van der Waals surface area (Å²) in [7, 11) is 0. The van der Waals surface area contributed by atoms with Crippen molar-refractivity contribution in [3.05, 3.63) is 34.3 Å². The zero-order valence-corrected chi connectivity index (χ0v) is 11.6. The first-order valence-corrected chi connectivity index (χ1v) is 6.27. The standard InChI is InChI=1S/C13H15ClN2O4/c1-7-2-3-8(9(14)6-7)12(18)16-10(13(19)20)4-5-11(15)17/h2-3,6,10H,4-5H2,1H3,(H2,15,17)(H,16,18)(H,19,20). The van der Waals surface area contributed by atoms with Crippen molar-refractivity contribution in [2.24, 2.45) is 5.73 Å². The van der Waals surface area contributed by atoms with E-state index < -0.39 is 23.8 Å². The first-order valence-electron chi connectivity index (χ1n) is 5.89. The summed E-state index contributed by atoms with van der Waals surface area (Å²) in [5.41, 5.74) is 6.03. The van der Waals surface area contributed by atoms with Crippen LogP contribution in [0.5, 0.6) is 0 Å². The lowest BCUT2D eigenvalue weighted by atomic mass is 10.1. The highest BCUT2D eigenvalue weighted by Gasteiger charge is 2.22. The predicted molar refractivity (Wildman–Crippen MR) is 73.5 cm³/mol. The number of carbonyl (C=O) groups excluding carboxylic acids is 2. The van der Waals surface area contributed by atoms with E-state index in [4.69, 9.17) is 22.4 Å². The largest absolute Gasteiger partial charge is 0.480 e. The number of carbonyl (C=O) groups is 3. The third-order valence-electron chi connectivity index (χ3n) is 2.65. The molecule has 2 amide bonds. The van der Waals surface area contributed by atoms with Crippen LogP contribution in [0.15, 0.2) is 18.2 Å². The second kappa shape index (κ2) is 6.91. The van der Waals surface area contributed by atoms with E-state index in [1.807, 2.05) is 6.92 Å². The van der Waals surface area contributed by atoms with E-state index >= 15 is 0 Å². The van der Waals surface area contributed by atoms with Crippen molar-refractivity contribution in [3.63, 3.8) is 0 Å². The number of aliphatic carboxylic acids is 1. The minimum atomic E-state index is -1.23. The fraction of sp³-hybridized carbons (Fsp3) is 0.308. The highest BCUT2D eigenvalue weighted by molar-refractivity contribution is 6.33. The average Bonchev–Trinajstić information content (AvgIpc) is 2.33. The third-order valence-corrected chi connectivity index (χ3v) is 2.96. The van der Waals surface area contributed by atoms with Crippen LogP contribution >= 0.6 is 11.6 Å². The number of primary amides is 1. The molecule has 0 spiro atoms. The number of hydrogen-bond donors (Lipinski definition) is 3. The maximum Gasteiger partial charge on any atom is 0.326 e. The molecule has 1 aromatic rings. The van der Waals surface area contributed by atoms with E-state index in [0.29, 0.717) is 0 Å². The fourth-order valence-corrected chi connectivity index (χ4v) is 1.91. The van der Waals surface area contributed by atoms with Crippen LogP contribution in [0.3, 0.4) is 0 Å². The van der Waals surface area contributed by atoms with Crippen molar-refractivity contribution in [2.75, 3.05) is 0 Å². The molecule has 4 N–H and O–H groups in total. The average molecular weight is 299 g/mol. The molecule has 0 aromatic heterocycles. The number of hydrogen-bond acceptors (Lipinski definition) is 3. The molecule has 0 saturated carbocycles. The van der Waals surface area contributed by atoms with E-state index in [9.17, 15) is 14.4 Å². The third kappa shape index (κ3) is 4.55. The SMILES string of the molecule is Cc1ccc(C(=O)NC(CCC(N)=O)C(=O)O)c(Cl)c1. The Kier molecular flexibility index (Phi) is 5.52. The Morgan fingerprint density at radius 1 is 1.40 bits per heavy atom. The highest BCUT2D eigenvalue weighted by Crippen LogP contribution is 2.17. The molecule has 6 nitrogen and oxygen atoms in total. The van der Waals surface area contributed by atoms with Gasteiger partial charge >= 0.3 is 5.97 Å². The Balaban J connectivity index is 2.80. The van der Waals surface area contributed by atoms with Crippen LogP contribution < -0.4 is 11.1 Å². The zero-order chi connectivity index (χ0) is 15.3. The van der Waals surface area contributed by atoms with Crippen molar-refractivity contribution in [1.29, 1.82) is 0 Å². The Hall–Kier alpha value is -2.08. The first-order chi connectivity index (χ1) is 9.31. The van der Waals surface area contributed by atoms with Crippen LogP contribution in [0, 0.1) is 6.92 Å². The predicted octanol–water partition coefficient (Wildman–Crippen LogP) is 1.10. The van der Waals surface area contributed by atoms with Crippen LogP contribution in [0.2, 0.25) is 5.02 Å². The van der Waals surface area contributed by atoms with Crippen molar-refractivity contribution >= 4 is 29.4 Å². The van der Waals surface area contributed by atoms with Crippen LogP contribution in [-0.2, 0) is 9.59 Å². The fourth-order valence-electron chi connectivity index (χ4n) is 1.58. The van der Waals surface area contributed by atoms with Crippen molar-refractivity contribution in [1.82, 2.24) is 5.32 Å². The molecule has 1 unspecified atom stereocenters. The van der Waals surface area contributed by atoms with Gasteiger partial charge in [0.15, 0.2) is 0 Å². The number of nitrogens with two attached hydrogens (primary N) is 1. The molecule has 108 valence electrons. The van der Waals surface area contributed by atoms with Gasteiger partial charge in [-0.2, -0.15) is 0 Å². The van der Waals surface area contributed by atoms with E-state index in [-0.39, 0.29) is 23.4 Å². The normalized spacial score (nSPS) is 11.7. The monoisotopic (exact) mass is 298 g/mol. The van der Waals surface area contributed by atoms with Gasteiger partial charge in [-0.05, 0) is 31.0 Å². The number of aryl methyl sites for hydroxylation is 1. The Morgan fingerprint density at radius 3 is 2.55 bits per heavy atom. The molecular weight excluding hydrogens is 284 g/mol. The van der Waals surface area contributed by atoms with E-state index in [1.165, 1.54) is 6.07 Å². The molecule has 0 heterocycles. The van der Waals surface area contributed by atoms with Gasteiger partial charge in [-0.3, -0.25) is 9.59 Å². The number of nitrogens with one attached hydrogen (secondary N) is 1. The van der Waals surface area contributed by atoms with Crippen molar-refractivity contribution < 1.29 is 19.5 Å². The van der Waals surface area contributed by atoms with Gasteiger partial charge in [0.1, 0.15) is 6.04 Å². The summed E-state index contributed by atoms with van der Waals surface area (Å²) < 4.78 is 0. The van der Waals surface area contributed by atoms with Gasteiger partial charge in [0.25, 0.3) is 5.91 Å². The van der Waals surface area contributed by atoms with Gasteiger partial charge in [-0.1, -0.05) is 17.7 Å². The maximum absolute atomic E-state index is 12.0. The molecule has 1 rings (SSSR count). The quantitative estimate of drug-likeness (QED) is 0.730. The van der Waals surface area contributed by atoms with Crippen molar-refractivity contribution in [2.45, 2.75) is 25.8 Å². The lowest BCUT2D eigenvalue weighted by Crippen LogP contribution is -2.41. The van der Waals surface area contributed by atoms with E-state index in [1.54, 1.807) is 12.1 Å². The molecule has 0 aliphatic heterocycles. The molecule has 20 heavy (non-hydrogen) atoms. The molecule has 0 fully saturated rings. The molecule has 0 bridgehead atoms. The summed E-state index contributed by atoms with van der Waals surface area (Å²) in [6, 6.07) is 3.63. The lowest BCUT2D eigenvalue weighted by Gasteiger charge is -2.14. The zero-order valence-electron chi connectivity index (χ0n) is 10.9. The van der Waals surface area contributed by atoms with E-state index in [0.717, 1.165) is 5.56 Å². The van der Waals surface area contributed by atoms with Gasteiger partial charge in [0.05, 0.1) is 10.6 Å². The molecule has 0 radical (unpaired) electrons. The van der Waals surface area contributed by atoms with Crippen LogP contribution in [0.25, 0.3) is 0 Å². The molecule has 7 heteroatoms. The molecule has 1 aromatic carbocycles. The number of halogens is 1. The number of benzene rings is 1. The summed E-state index contributed by atoms with van der Waals surface area (Å²) >= 11 is 5.93. The molecule has 0 aliphatic rings. The van der Waals surface area contributed by atoms with Crippen LogP contribution in [0.4, 0.5) is 0 Å². The smallest absolute Gasteiger partial charge is 0.326 e. The highest BCUT2D eigenvalue weighted by atomic mass is 35.5. The molecular formula is C13H15ClN2O4. The minimum Gasteiger partial charge on any atom is -0.480 e. The lowest BCUT2D eigenvalue weighted by molar-refractivity contribution is -0.139. The molecule has 0 saturated heterocycles. The van der Waals surface area contributed by atoms with E-state index in [2.05, 4.69) is 5.32 Å². The van der Waals surface area contributed by atoms with Gasteiger partial charge in [0, 0.05) is 6.42 Å². The Labute approximate surface area is 120 Å². The van der Waals surface area contributed by atoms with Crippen molar-refractivity contribution in [3.8, 4) is 0 Å².